The number of benzene rings is 2. The normalized spacial score (nSPS) is 10.6. The van der Waals surface area contributed by atoms with E-state index in [-0.39, 0.29) is 11.9 Å². The SMILES string of the molecule is COC(=O)/C=C\C(=O)NC(c1ccccc1)c1ccccc1. The van der Waals surface area contributed by atoms with Crippen molar-refractivity contribution in [3.05, 3.63) is 83.9 Å². The molecule has 0 aliphatic rings. The fraction of sp³-hybridized carbons (Fsp3) is 0.111. The first-order chi connectivity index (χ1) is 10.7. The summed E-state index contributed by atoms with van der Waals surface area (Å²) < 4.78 is 4.47. The van der Waals surface area contributed by atoms with Gasteiger partial charge < -0.3 is 10.1 Å². The van der Waals surface area contributed by atoms with Crippen LogP contribution in [0.1, 0.15) is 17.2 Å². The van der Waals surface area contributed by atoms with Crippen LogP contribution in [0, 0.1) is 0 Å². The molecule has 0 saturated heterocycles. The fourth-order valence-corrected chi connectivity index (χ4v) is 2.05. The molecule has 0 saturated carbocycles. The molecule has 2 aromatic rings. The van der Waals surface area contributed by atoms with E-state index in [0.29, 0.717) is 0 Å². The standard InChI is InChI=1S/C18H17NO3/c1-22-17(21)13-12-16(20)19-18(14-8-4-2-5-9-14)15-10-6-3-7-11-15/h2-13,18H,1H3,(H,19,20)/b13-12-. The Bertz CT molecular complexity index is 611. The Kier molecular flexibility index (Phi) is 5.49. The second-order valence-electron chi connectivity index (χ2n) is 4.62. The van der Waals surface area contributed by atoms with E-state index in [0.717, 1.165) is 17.2 Å². The number of amides is 1. The molecule has 0 aromatic heterocycles. The topological polar surface area (TPSA) is 55.4 Å². The summed E-state index contributed by atoms with van der Waals surface area (Å²) in [5.41, 5.74) is 1.93. The molecule has 1 N–H and O–H groups in total. The molecule has 0 heterocycles. The lowest BCUT2D eigenvalue weighted by Crippen LogP contribution is -2.27. The molecule has 0 spiro atoms. The van der Waals surface area contributed by atoms with Crippen LogP contribution in [0.2, 0.25) is 0 Å². The molecule has 0 atom stereocenters. The molecule has 0 unspecified atom stereocenters. The van der Waals surface area contributed by atoms with Crippen molar-refractivity contribution >= 4 is 11.9 Å². The van der Waals surface area contributed by atoms with Gasteiger partial charge in [0.05, 0.1) is 13.2 Å². The van der Waals surface area contributed by atoms with Crippen LogP contribution in [-0.2, 0) is 14.3 Å². The molecule has 22 heavy (non-hydrogen) atoms. The third-order valence-electron chi connectivity index (χ3n) is 3.12. The van der Waals surface area contributed by atoms with Gasteiger partial charge in [0.25, 0.3) is 0 Å². The smallest absolute Gasteiger partial charge is 0.330 e. The number of esters is 1. The molecule has 4 heteroatoms. The molecule has 2 aromatic carbocycles. The van der Waals surface area contributed by atoms with Crippen LogP contribution in [0.4, 0.5) is 0 Å². The van der Waals surface area contributed by atoms with E-state index in [1.54, 1.807) is 0 Å². The maximum absolute atomic E-state index is 12.0. The lowest BCUT2D eigenvalue weighted by molar-refractivity contribution is -0.135. The number of hydrogen-bond donors (Lipinski definition) is 1. The van der Waals surface area contributed by atoms with Crippen LogP contribution in [0.15, 0.2) is 72.8 Å². The minimum Gasteiger partial charge on any atom is -0.466 e. The Balaban J connectivity index is 2.21. The van der Waals surface area contributed by atoms with E-state index in [9.17, 15) is 9.59 Å². The third-order valence-corrected chi connectivity index (χ3v) is 3.12. The molecule has 0 bridgehead atoms. The van der Waals surface area contributed by atoms with E-state index in [2.05, 4.69) is 10.1 Å². The van der Waals surface area contributed by atoms with Crippen molar-refractivity contribution in [2.45, 2.75) is 6.04 Å². The Morgan fingerprint density at radius 2 is 1.41 bits per heavy atom. The summed E-state index contributed by atoms with van der Waals surface area (Å²) in [6, 6.07) is 19.0. The van der Waals surface area contributed by atoms with Gasteiger partial charge in [-0.15, -0.1) is 0 Å². The summed E-state index contributed by atoms with van der Waals surface area (Å²) in [7, 11) is 1.27. The predicted octanol–water partition coefficient (Wildman–Crippen LogP) is 2.62. The van der Waals surface area contributed by atoms with E-state index in [1.807, 2.05) is 60.7 Å². The summed E-state index contributed by atoms with van der Waals surface area (Å²) >= 11 is 0. The van der Waals surface area contributed by atoms with Gasteiger partial charge >= 0.3 is 5.97 Å². The highest BCUT2D eigenvalue weighted by Crippen LogP contribution is 2.21. The monoisotopic (exact) mass is 295 g/mol. The van der Waals surface area contributed by atoms with Crippen molar-refractivity contribution in [2.24, 2.45) is 0 Å². The highest BCUT2D eigenvalue weighted by molar-refractivity contribution is 5.94. The first kappa shape index (κ1) is 15.5. The Morgan fingerprint density at radius 1 is 0.909 bits per heavy atom. The molecule has 0 aliphatic carbocycles. The number of carbonyl (C=O) groups excluding carboxylic acids is 2. The predicted molar refractivity (Wildman–Crippen MR) is 84.0 cm³/mol. The number of carbonyl (C=O) groups is 2. The quantitative estimate of drug-likeness (QED) is 0.681. The Labute approximate surface area is 129 Å². The van der Waals surface area contributed by atoms with E-state index < -0.39 is 5.97 Å². The lowest BCUT2D eigenvalue weighted by atomic mass is 9.99. The van der Waals surface area contributed by atoms with Gasteiger partial charge in [-0.1, -0.05) is 60.7 Å². The fourth-order valence-electron chi connectivity index (χ4n) is 2.05. The molecular formula is C18H17NO3. The molecule has 112 valence electrons. The van der Waals surface area contributed by atoms with Crippen LogP contribution in [0.3, 0.4) is 0 Å². The van der Waals surface area contributed by atoms with Crippen molar-refractivity contribution in [1.82, 2.24) is 5.32 Å². The lowest BCUT2D eigenvalue weighted by Gasteiger charge is -2.19. The van der Waals surface area contributed by atoms with E-state index >= 15 is 0 Å². The largest absolute Gasteiger partial charge is 0.466 e. The Morgan fingerprint density at radius 3 is 1.86 bits per heavy atom. The van der Waals surface area contributed by atoms with Gasteiger partial charge in [0.1, 0.15) is 0 Å². The summed E-state index contributed by atoms with van der Waals surface area (Å²) in [6.07, 6.45) is 2.27. The van der Waals surface area contributed by atoms with Gasteiger partial charge in [-0.05, 0) is 11.1 Å². The zero-order chi connectivity index (χ0) is 15.8. The highest BCUT2D eigenvalue weighted by atomic mass is 16.5. The average Bonchev–Trinajstić information content (AvgIpc) is 2.59. The second kappa shape index (κ2) is 7.78. The Hall–Kier alpha value is -2.88. The number of methoxy groups -OCH3 is 1. The third kappa shape index (κ3) is 4.31. The van der Waals surface area contributed by atoms with Crippen LogP contribution >= 0.6 is 0 Å². The maximum atomic E-state index is 12.0. The number of rotatable bonds is 5. The van der Waals surface area contributed by atoms with Crippen molar-refractivity contribution < 1.29 is 14.3 Å². The van der Waals surface area contributed by atoms with Crippen molar-refractivity contribution in [3.63, 3.8) is 0 Å². The molecule has 0 fully saturated rings. The van der Waals surface area contributed by atoms with Gasteiger partial charge in [-0.2, -0.15) is 0 Å². The van der Waals surface area contributed by atoms with Gasteiger partial charge in [0, 0.05) is 12.2 Å². The number of nitrogens with one attached hydrogen (secondary N) is 1. The molecule has 4 nitrogen and oxygen atoms in total. The summed E-state index contributed by atoms with van der Waals surface area (Å²) in [5, 5.41) is 2.90. The molecule has 0 radical (unpaired) electrons. The summed E-state index contributed by atoms with van der Waals surface area (Å²) in [4.78, 5) is 23.1. The van der Waals surface area contributed by atoms with Crippen LogP contribution in [0.5, 0.6) is 0 Å². The minimum atomic E-state index is -0.564. The zero-order valence-corrected chi connectivity index (χ0v) is 12.2. The van der Waals surface area contributed by atoms with Gasteiger partial charge in [-0.25, -0.2) is 4.79 Å². The van der Waals surface area contributed by atoms with Crippen LogP contribution in [-0.4, -0.2) is 19.0 Å². The van der Waals surface area contributed by atoms with Crippen molar-refractivity contribution in [3.8, 4) is 0 Å². The molecule has 0 aliphatic heterocycles. The summed E-state index contributed by atoms with van der Waals surface area (Å²) in [5.74, 6) is -0.922. The molecular weight excluding hydrogens is 278 g/mol. The van der Waals surface area contributed by atoms with Gasteiger partial charge in [0.15, 0.2) is 0 Å². The minimum absolute atomic E-state index is 0.280. The zero-order valence-electron chi connectivity index (χ0n) is 12.2. The second-order valence-corrected chi connectivity index (χ2v) is 4.62. The van der Waals surface area contributed by atoms with Crippen LogP contribution < -0.4 is 5.32 Å². The highest BCUT2D eigenvalue weighted by Gasteiger charge is 2.15. The van der Waals surface area contributed by atoms with Gasteiger partial charge in [0.2, 0.25) is 5.91 Å². The first-order valence-electron chi connectivity index (χ1n) is 6.87. The van der Waals surface area contributed by atoms with Crippen molar-refractivity contribution in [2.75, 3.05) is 7.11 Å². The first-order valence-corrected chi connectivity index (χ1v) is 6.87. The van der Waals surface area contributed by atoms with Gasteiger partial charge in [-0.3, -0.25) is 4.79 Å². The number of hydrogen-bond acceptors (Lipinski definition) is 3. The average molecular weight is 295 g/mol. The van der Waals surface area contributed by atoms with Crippen molar-refractivity contribution in [1.29, 1.82) is 0 Å². The number of ether oxygens (including phenoxy) is 1. The summed E-state index contributed by atoms with van der Waals surface area (Å²) in [6.45, 7) is 0. The van der Waals surface area contributed by atoms with E-state index in [1.165, 1.54) is 13.2 Å². The van der Waals surface area contributed by atoms with E-state index in [4.69, 9.17) is 0 Å². The van der Waals surface area contributed by atoms with Crippen LogP contribution in [0.25, 0.3) is 0 Å². The molecule has 1 amide bonds. The molecule has 2 rings (SSSR count). The maximum Gasteiger partial charge on any atom is 0.330 e.